The summed E-state index contributed by atoms with van der Waals surface area (Å²) in [6.45, 7) is 5.36. The molecule has 33 heavy (non-hydrogen) atoms. The minimum absolute atomic E-state index is 0.156. The molecule has 0 aliphatic carbocycles. The van der Waals surface area contributed by atoms with E-state index in [-0.39, 0.29) is 17.5 Å². The molecule has 0 saturated heterocycles. The number of thiazole rings is 1. The van der Waals surface area contributed by atoms with E-state index in [2.05, 4.69) is 34.3 Å². The summed E-state index contributed by atoms with van der Waals surface area (Å²) in [5.41, 5.74) is 0.654. The first kappa shape index (κ1) is 23.2. The van der Waals surface area contributed by atoms with E-state index in [9.17, 15) is 9.18 Å². The van der Waals surface area contributed by atoms with Crippen molar-refractivity contribution in [2.24, 2.45) is 5.92 Å². The van der Waals surface area contributed by atoms with Crippen LogP contribution in [0.3, 0.4) is 0 Å². The molecule has 7 nitrogen and oxygen atoms in total. The van der Waals surface area contributed by atoms with E-state index >= 15 is 0 Å². The first-order chi connectivity index (χ1) is 16.0. The van der Waals surface area contributed by atoms with E-state index < -0.39 is 0 Å². The Kier molecular flexibility index (Phi) is 7.56. The van der Waals surface area contributed by atoms with E-state index in [4.69, 9.17) is 4.74 Å². The molecule has 0 atom stereocenters. The molecule has 0 saturated carbocycles. The zero-order chi connectivity index (χ0) is 23.2. The van der Waals surface area contributed by atoms with Crippen LogP contribution in [0.1, 0.15) is 26.1 Å². The highest BCUT2D eigenvalue weighted by Gasteiger charge is 2.16. The number of thioether (sulfide) groups is 1. The van der Waals surface area contributed by atoms with Gasteiger partial charge in [0.2, 0.25) is 5.91 Å². The standard InChI is InChI=1S/C23H24FN5O2S2/c1-15(2)10-11-29-20(13-31-17-6-4-3-5-7-17)27-28-23(29)32-14-21(30)26-22-25-18-9-8-16(24)12-19(18)33-22/h3-9,12,15H,10-11,13-14H2,1-2H3,(H,25,26,30). The lowest BCUT2D eigenvalue weighted by Gasteiger charge is -2.12. The van der Waals surface area contributed by atoms with Crippen LogP contribution in [0.15, 0.2) is 53.7 Å². The van der Waals surface area contributed by atoms with Crippen molar-refractivity contribution in [3.63, 3.8) is 0 Å². The molecule has 1 amide bonds. The molecule has 0 radical (unpaired) electrons. The number of carbonyl (C=O) groups is 1. The third-order valence-electron chi connectivity index (χ3n) is 4.76. The first-order valence-electron chi connectivity index (χ1n) is 10.6. The van der Waals surface area contributed by atoms with Crippen LogP contribution >= 0.6 is 23.1 Å². The molecule has 0 aliphatic heterocycles. The van der Waals surface area contributed by atoms with Crippen molar-refractivity contribution < 1.29 is 13.9 Å². The Morgan fingerprint density at radius 3 is 2.82 bits per heavy atom. The number of halogens is 1. The van der Waals surface area contributed by atoms with Gasteiger partial charge in [-0.3, -0.25) is 4.79 Å². The van der Waals surface area contributed by atoms with Crippen LogP contribution in [-0.2, 0) is 17.9 Å². The number of nitrogens with one attached hydrogen (secondary N) is 1. The Hall–Kier alpha value is -2.98. The number of benzene rings is 2. The fourth-order valence-corrected chi connectivity index (χ4v) is 4.74. The second-order valence-electron chi connectivity index (χ2n) is 7.80. The Labute approximate surface area is 199 Å². The van der Waals surface area contributed by atoms with Crippen molar-refractivity contribution in [2.75, 3.05) is 11.1 Å². The van der Waals surface area contributed by atoms with Gasteiger partial charge in [0.15, 0.2) is 16.1 Å². The van der Waals surface area contributed by atoms with Gasteiger partial charge < -0.3 is 14.6 Å². The Morgan fingerprint density at radius 1 is 1.21 bits per heavy atom. The Balaban J connectivity index is 1.40. The number of hydrogen-bond donors (Lipinski definition) is 1. The minimum atomic E-state index is -0.327. The van der Waals surface area contributed by atoms with Gasteiger partial charge in [-0.2, -0.15) is 0 Å². The number of nitrogens with zero attached hydrogens (tertiary/aromatic N) is 4. The molecular formula is C23H24FN5O2S2. The number of para-hydroxylation sites is 1. The molecule has 1 N–H and O–H groups in total. The van der Waals surface area contributed by atoms with Gasteiger partial charge in [-0.05, 0) is 42.7 Å². The summed E-state index contributed by atoms with van der Waals surface area (Å²) in [5, 5.41) is 12.5. The number of aromatic nitrogens is 4. The molecule has 0 spiro atoms. The van der Waals surface area contributed by atoms with Gasteiger partial charge in [0, 0.05) is 6.54 Å². The third-order valence-corrected chi connectivity index (χ3v) is 6.66. The zero-order valence-corrected chi connectivity index (χ0v) is 20.0. The van der Waals surface area contributed by atoms with Gasteiger partial charge in [0.25, 0.3) is 0 Å². The summed E-state index contributed by atoms with van der Waals surface area (Å²) in [7, 11) is 0. The monoisotopic (exact) mass is 485 g/mol. The summed E-state index contributed by atoms with van der Waals surface area (Å²) in [6.07, 6.45) is 0.957. The van der Waals surface area contributed by atoms with E-state index in [0.29, 0.717) is 33.0 Å². The predicted octanol–water partition coefficient (Wildman–Crippen LogP) is 5.38. The van der Waals surface area contributed by atoms with E-state index in [1.54, 1.807) is 6.07 Å². The number of fused-ring (bicyclic) bond motifs is 1. The van der Waals surface area contributed by atoms with Gasteiger partial charge in [-0.15, -0.1) is 10.2 Å². The fraction of sp³-hybridized carbons (Fsp3) is 0.304. The Bertz CT molecular complexity index is 1230. The smallest absolute Gasteiger partial charge is 0.236 e. The summed E-state index contributed by atoms with van der Waals surface area (Å²) < 4.78 is 21.9. The summed E-state index contributed by atoms with van der Waals surface area (Å²) in [4.78, 5) is 16.8. The van der Waals surface area contributed by atoms with Crippen LogP contribution < -0.4 is 10.1 Å². The molecule has 4 aromatic rings. The molecular weight excluding hydrogens is 461 g/mol. The topological polar surface area (TPSA) is 81.9 Å². The number of carbonyl (C=O) groups excluding carboxylic acids is 1. The third kappa shape index (κ3) is 6.29. The lowest BCUT2D eigenvalue weighted by Crippen LogP contribution is -2.15. The van der Waals surface area contributed by atoms with Crippen molar-refractivity contribution in [2.45, 2.75) is 38.6 Å². The molecule has 0 unspecified atom stereocenters. The van der Waals surface area contributed by atoms with Crippen LogP contribution in [0, 0.1) is 11.7 Å². The SMILES string of the molecule is CC(C)CCn1c(COc2ccccc2)nnc1SCC(=O)Nc1nc2ccc(F)cc2s1. The molecule has 0 aliphatic rings. The van der Waals surface area contributed by atoms with E-state index in [1.807, 2.05) is 34.9 Å². The van der Waals surface area contributed by atoms with Crippen molar-refractivity contribution in [1.29, 1.82) is 0 Å². The molecule has 10 heteroatoms. The second kappa shape index (κ2) is 10.8. The maximum absolute atomic E-state index is 13.4. The molecule has 2 aromatic heterocycles. The summed E-state index contributed by atoms with van der Waals surface area (Å²) in [5.74, 6) is 1.62. The average Bonchev–Trinajstić information content (AvgIpc) is 3.37. The van der Waals surface area contributed by atoms with Crippen molar-refractivity contribution >= 4 is 44.4 Å². The molecule has 172 valence electrons. The second-order valence-corrected chi connectivity index (χ2v) is 9.78. The van der Waals surface area contributed by atoms with Crippen LogP contribution in [0.2, 0.25) is 0 Å². The maximum atomic E-state index is 13.4. The lowest BCUT2D eigenvalue weighted by atomic mass is 10.1. The Morgan fingerprint density at radius 2 is 2.03 bits per heavy atom. The molecule has 2 aromatic carbocycles. The normalized spacial score (nSPS) is 11.3. The number of hydrogen-bond acceptors (Lipinski definition) is 7. The quantitative estimate of drug-likeness (QED) is 0.304. The van der Waals surface area contributed by atoms with Gasteiger partial charge in [-0.1, -0.05) is 55.1 Å². The number of amides is 1. The summed E-state index contributed by atoms with van der Waals surface area (Å²) >= 11 is 2.56. The minimum Gasteiger partial charge on any atom is -0.486 e. The molecule has 0 fully saturated rings. The fourth-order valence-electron chi connectivity index (χ4n) is 3.05. The highest BCUT2D eigenvalue weighted by Crippen LogP contribution is 2.27. The number of rotatable bonds is 10. The van der Waals surface area contributed by atoms with Crippen molar-refractivity contribution in [1.82, 2.24) is 19.7 Å². The maximum Gasteiger partial charge on any atom is 0.236 e. The zero-order valence-electron chi connectivity index (χ0n) is 18.3. The van der Waals surface area contributed by atoms with Gasteiger partial charge in [-0.25, -0.2) is 9.37 Å². The molecule has 0 bridgehead atoms. The predicted molar refractivity (Wildman–Crippen MR) is 129 cm³/mol. The highest BCUT2D eigenvalue weighted by atomic mass is 32.2. The van der Waals surface area contributed by atoms with Gasteiger partial charge >= 0.3 is 0 Å². The first-order valence-corrected chi connectivity index (χ1v) is 12.4. The largest absolute Gasteiger partial charge is 0.486 e. The number of anilines is 1. The van der Waals surface area contributed by atoms with E-state index in [0.717, 1.165) is 24.5 Å². The number of ether oxygens (including phenoxy) is 1. The van der Waals surface area contributed by atoms with Crippen LogP contribution in [-0.4, -0.2) is 31.4 Å². The van der Waals surface area contributed by atoms with Crippen LogP contribution in [0.4, 0.5) is 9.52 Å². The molecule has 2 heterocycles. The van der Waals surface area contributed by atoms with Crippen molar-refractivity contribution in [3.05, 3.63) is 60.2 Å². The highest BCUT2D eigenvalue weighted by molar-refractivity contribution is 7.99. The summed E-state index contributed by atoms with van der Waals surface area (Å²) in [6, 6.07) is 13.9. The lowest BCUT2D eigenvalue weighted by molar-refractivity contribution is -0.113. The van der Waals surface area contributed by atoms with Gasteiger partial charge in [0.05, 0.1) is 16.0 Å². The van der Waals surface area contributed by atoms with Crippen molar-refractivity contribution in [3.8, 4) is 5.75 Å². The van der Waals surface area contributed by atoms with Crippen LogP contribution in [0.5, 0.6) is 5.75 Å². The van der Waals surface area contributed by atoms with Gasteiger partial charge in [0.1, 0.15) is 18.2 Å². The van der Waals surface area contributed by atoms with E-state index in [1.165, 1.54) is 35.2 Å². The average molecular weight is 486 g/mol. The van der Waals surface area contributed by atoms with Crippen LogP contribution in [0.25, 0.3) is 10.2 Å². The molecule has 4 rings (SSSR count).